The zero-order valence-electron chi connectivity index (χ0n) is 17.5. The van der Waals surface area contributed by atoms with Crippen molar-refractivity contribution in [3.05, 3.63) is 53.5 Å². The molecule has 32 heavy (non-hydrogen) atoms. The van der Waals surface area contributed by atoms with E-state index in [9.17, 15) is 14.9 Å². The molecule has 0 bridgehead atoms. The van der Waals surface area contributed by atoms with Gasteiger partial charge in [-0.15, -0.1) is 11.8 Å². The molecule has 162 valence electrons. The van der Waals surface area contributed by atoms with Gasteiger partial charge in [0.25, 0.3) is 5.91 Å². The summed E-state index contributed by atoms with van der Waals surface area (Å²) in [5.41, 5.74) is 4.57. The van der Waals surface area contributed by atoms with Crippen LogP contribution in [-0.4, -0.2) is 55.7 Å². The molecule has 0 saturated carbocycles. The largest absolute Gasteiger partial charge is 0.343 e. The number of amides is 2. The van der Waals surface area contributed by atoms with Crippen LogP contribution in [0.2, 0.25) is 0 Å². The van der Waals surface area contributed by atoms with E-state index in [1.807, 2.05) is 29.1 Å². The number of thioether (sulfide) groups is 1. The Bertz CT molecular complexity index is 1250. The number of hydrogen-bond acceptors (Lipinski definition) is 6. The van der Waals surface area contributed by atoms with E-state index in [0.29, 0.717) is 28.1 Å². The number of aromatic nitrogens is 3. The highest BCUT2D eigenvalue weighted by molar-refractivity contribution is 7.99. The highest BCUT2D eigenvalue weighted by Crippen LogP contribution is 2.26. The van der Waals surface area contributed by atoms with Gasteiger partial charge in [-0.2, -0.15) is 10.4 Å². The first-order valence-corrected chi connectivity index (χ1v) is 11.8. The maximum Gasteiger partial charge on any atom is 0.252 e. The Balaban J connectivity index is 1.40. The molecule has 8 nitrogen and oxygen atoms in total. The van der Waals surface area contributed by atoms with E-state index in [1.54, 1.807) is 12.3 Å². The Kier molecular flexibility index (Phi) is 5.53. The lowest BCUT2D eigenvalue weighted by Gasteiger charge is -2.18. The molecule has 5 rings (SSSR count). The number of nitrogens with zero attached hydrogens (tertiary/aromatic N) is 5. The summed E-state index contributed by atoms with van der Waals surface area (Å²) in [5.74, 6) is 0.483. The molecule has 1 aliphatic heterocycles. The van der Waals surface area contributed by atoms with Crippen molar-refractivity contribution in [3.8, 4) is 11.8 Å². The van der Waals surface area contributed by atoms with Crippen LogP contribution in [0.3, 0.4) is 0 Å². The molecule has 1 fully saturated rings. The van der Waals surface area contributed by atoms with E-state index in [4.69, 9.17) is 0 Å². The van der Waals surface area contributed by atoms with Crippen LogP contribution in [-0.2, 0) is 17.6 Å². The third kappa shape index (κ3) is 3.71. The molecular weight excluding hydrogens is 424 g/mol. The predicted octanol–water partition coefficient (Wildman–Crippen LogP) is 2.45. The third-order valence-electron chi connectivity index (χ3n) is 6.03. The van der Waals surface area contributed by atoms with Crippen molar-refractivity contribution in [1.82, 2.24) is 25.0 Å². The predicted molar refractivity (Wildman–Crippen MR) is 121 cm³/mol. The number of benzene rings is 1. The number of aryl methyl sites for hydroxylation is 1. The maximum atomic E-state index is 13.0. The number of pyridine rings is 1. The Morgan fingerprint density at radius 3 is 3.00 bits per heavy atom. The molecule has 1 N–H and O–H groups in total. The fourth-order valence-electron chi connectivity index (χ4n) is 4.33. The molecule has 2 aromatic heterocycles. The number of nitrogens with one attached hydrogen (secondary N) is 1. The Morgan fingerprint density at radius 2 is 2.12 bits per heavy atom. The number of hydrogen-bond donors (Lipinski definition) is 1. The minimum Gasteiger partial charge on any atom is -0.343 e. The fraction of sp³-hybridized carbons (Fsp3) is 0.348. The Morgan fingerprint density at radius 1 is 1.25 bits per heavy atom. The molecule has 1 aliphatic carbocycles. The highest BCUT2D eigenvalue weighted by Gasteiger charge is 2.29. The van der Waals surface area contributed by atoms with Crippen molar-refractivity contribution >= 4 is 34.5 Å². The van der Waals surface area contributed by atoms with Gasteiger partial charge in [0.15, 0.2) is 0 Å². The van der Waals surface area contributed by atoms with Crippen LogP contribution in [0.1, 0.15) is 34.5 Å². The van der Waals surface area contributed by atoms with Crippen LogP contribution < -0.4 is 5.32 Å². The molecule has 2 aliphatic rings. The number of fused-ring (bicyclic) bond motifs is 2. The van der Waals surface area contributed by atoms with Gasteiger partial charge in [0.05, 0.1) is 41.5 Å². The summed E-state index contributed by atoms with van der Waals surface area (Å²) < 4.78 is 1.96. The third-order valence-corrected chi connectivity index (χ3v) is 7.04. The zero-order valence-corrected chi connectivity index (χ0v) is 18.3. The quantitative estimate of drug-likeness (QED) is 0.660. The maximum absolute atomic E-state index is 13.0. The van der Waals surface area contributed by atoms with E-state index in [-0.39, 0.29) is 18.4 Å². The second-order valence-electron chi connectivity index (χ2n) is 7.99. The van der Waals surface area contributed by atoms with Gasteiger partial charge in [0.1, 0.15) is 6.04 Å². The molecule has 3 heterocycles. The number of nitriles is 1. The van der Waals surface area contributed by atoms with Crippen LogP contribution in [0.4, 0.5) is 0 Å². The van der Waals surface area contributed by atoms with Crippen molar-refractivity contribution in [1.29, 1.82) is 5.26 Å². The average Bonchev–Trinajstić information content (AvgIpc) is 3.48. The van der Waals surface area contributed by atoms with E-state index in [0.717, 1.165) is 24.9 Å². The van der Waals surface area contributed by atoms with Crippen molar-refractivity contribution in [3.63, 3.8) is 0 Å². The number of carbonyl (C=O) groups is 2. The topological polar surface area (TPSA) is 104 Å². The van der Waals surface area contributed by atoms with Gasteiger partial charge >= 0.3 is 0 Å². The van der Waals surface area contributed by atoms with Crippen LogP contribution in [0, 0.1) is 11.3 Å². The van der Waals surface area contributed by atoms with Gasteiger partial charge in [-0.3, -0.25) is 14.6 Å². The summed E-state index contributed by atoms with van der Waals surface area (Å²) in [6.07, 6.45) is 7.92. The van der Waals surface area contributed by atoms with Gasteiger partial charge in [-0.1, -0.05) is 0 Å². The lowest BCUT2D eigenvalue weighted by molar-refractivity contribution is -0.129. The van der Waals surface area contributed by atoms with Crippen LogP contribution in [0.25, 0.3) is 16.6 Å². The van der Waals surface area contributed by atoms with Crippen molar-refractivity contribution in [2.75, 3.05) is 18.2 Å². The summed E-state index contributed by atoms with van der Waals surface area (Å²) in [7, 11) is 0. The summed E-state index contributed by atoms with van der Waals surface area (Å²) in [6.45, 7) is -0.145. The summed E-state index contributed by atoms with van der Waals surface area (Å²) in [5, 5.41) is 17.2. The summed E-state index contributed by atoms with van der Waals surface area (Å²) in [6, 6.07) is 9.15. The van der Waals surface area contributed by atoms with E-state index in [2.05, 4.69) is 21.5 Å². The number of carbonyl (C=O) groups excluding carboxylic acids is 2. The molecule has 2 amide bonds. The fourth-order valence-corrected chi connectivity index (χ4v) is 5.43. The summed E-state index contributed by atoms with van der Waals surface area (Å²) in [4.78, 5) is 31.3. The lowest BCUT2D eigenvalue weighted by Crippen LogP contribution is -2.42. The molecule has 0 spiro atoms. The molecule has 0 unspecified atom stereocenters. The molecule has 0 radical (unpaired) electrons. The second kappa shape index (κ2) is 8.63. The van der Waals surface area contributed by atoms with Gasteiger partial charge in [-0.25, -0.2) is 4.68 Å². The smallest absolute Gasteiger partial charge is 0.252 e. The molecule has 9 heteroatoms. The van der Waals surface area contributed by atoms with Gasteiger partial charge in [0, 0.05) is 23.0 Å². The van der Waals surface area contributed by atoms with E-state index < -0.39 is 6.04 Å². The van der Waals surface area contributed by atoms with Gasteiger partial charge in [-0.05, 0) is 55.5 Å². The molecule has 1 saturated heterocycles. The van der Waals surface area contributed by atoms with Gasteiger partial charge in [0.2, 0.25) is 5.91 Å². The SMILES string of the molecule is N#C[C@@H]1CSCN1C(=O)CNC(=O)c1ccnc2ccc(-n3ncc4c3CCCC4)cc12. The van der Waals surface area contributed by atoms with Crippen molar-refractivity contribution in [2.45, 2.75) is 31.7 Å². The molecular formula is C23H22N6O2S. The van der Waals surface area contributed by atoms with Crippen LogP contribution in [0.15, 0.2) is 36.7 Å². The zero-order chi connectivity index (χ0) is 22.1. The second-order valence-corrected chi connectivity index (χ2v) is 8.99. The molecule has 1 atom stereocenters. The Hall–Kier alpha value is -3.38. The minimum atomic E-state index is -0.436. The molecule has 1 aromatic carbocycles. The first-order valence-electron chi connectivity index (χ1n) is 10.7. The first kappa shape index (κ1) is 20.5. The Labute approximate surface area is 189 Å². The van der Waals surface area contributed by atoms with E-state index >= 15 is 0 Å². The normalized spacial score (nSPS) is 17.7. The lowest BCUT2D eigenvalue weighted by atomic mass is 9.98. The highest BCUT2D eigenvalue weighted by atomic mass is 32.2. The van der Waals surface area contributed by atoms with E-state index in [1.165, 1.54) is 34.3 Å². The number of rotatable bonds is 4. The monoisotopic (exact) mass is 446 g/mol. The van der Waals surface area contributed by atoms with Crippen molar-refractivity contribution < 1.29 is 9.59 Å². The first-order chi connectivity index (χ1) is 15.7. The van der Waals surface area contributed by atoms with Crippen LogP contribution in [0.5, 0.6) is 0 Å². The van der Waals surface area contributed by atoms with Gasteiger partial charge < -0.3 is 10.2 Å². The average molecular weight is 447 g/mol. The van der Waals surface area contributed by atoms with Crippen molar-refractivity contribution in [2.24, 2.45) is 0 Å². The standard InChI is InChI=1S/C23H22N6O2S/c24-10-17-13-32-14-28(17)22(30)12-26-23(31)18-7-8-25-20-6-5-16(9-19(18)20)29-21-4-2-1-3-15(21)11-27-29/h5-9,11,17H,1-4,12-14H2,(H,26,31)/t17-/m1/s1. The summed E-state index contributed by atoms with van der Waals surface area (Å²) >= 11 is 1.54. The minimum absolute atomic E-state index is 0.145. The molecule has 3 aromatic rings. The van der Waals surface area contributed by atoms with Crippen LogP contribution >= 0.6 is 11.8 Å².